The number of amides is 1. The van der Waals surface area contributed by atoms with Crippen LogP contribution in [0.15, 0.2) is 46.2 Å². The summed E-state index contributed by atoms with van der Waals surface area (Å²) >= 11 is 7.42. The van der Waals surface area contributed by atoms with Gasteiger partial charge in [0.2, 0.25) is 5.91 Å². The van der Waals surface area contributed by atoms with E-state index in [1.807, 2.05) is 30.3 Å². The molecule has 0 atom stereocenters. The first-order chi connectivity index (χ1) is 13.6. The Morgan fingerprint density at radius 2 is 1.89 bits per heavy atom. The monoisotopic (exact) mass is 417 g/mol. The van der Waals surface area contributed by atoms with Crippen LogP contribution in [0.4, 0.5) is 0 Å². The summed E-state index contributed by atoms with van der Waals surface area (Å²) in [6.45, 7) is -0.0913. The fourth-order valence-electron chi connectivity index (χ4n) is 3.29. The van der Waals surface area contributed by atoms with Crippen molar-refractivity contribution in [2.75, 3.05) is 0 Å². The molecule has 3 aromatic rings. The van der Waals surface area contributed by atoms with Crippen LogP contribution in [0.5, 0.6) is 0 Å². The summed E-state index contributed by atoms with van der Waals surface area (Å²) < 4.78 is 2.41. The van der Waals surface area contributed by atoms with E-state index in [1.54, 1.807) is 6.07 Å². The number of fused-ring (bicyclic) bond motifs is 1. The van der Waals surface area contributed by atoms with Crippen LogP contribution in [-0.2, 0) is 17.1 Å². The fourth-order valence-corrected chi connectivity index (χ4v) is 4.23. The van der Waals surface area contributed by atoms with Gasteiger partial charge in [0, 0.05) is 16.8 Å². The maximum Gasteiger partial charge on any atom is 0.367 e. The van der Waals surface area contributed by atoms with Gasteiger partial charge in [-0.05, 0) is 42.7 Å². The number of nitrogens with zero attached hydrogens (tertiary/aromatic N) is 4. The number of carbonyl (C=O) groups is 1. The zero-order valence-electron chi connectivity index (χ0n) is 15.2. The molecule has 7 nitrogen and oxygen atoms in total. The first-order valence-electron chi connectivity index (χ1n) is 9.22. The molecule has 1 saturated carbocycles. The zero-order valence-corrected chi connectivity index (χ0v) is 16.7. The Morgan fingerprint density at radius 1 is 1.14 bits per heavy atom. The molecule has 1 aromatic carbocycles. The van der Waals surface area contributed by atoms with Crippen LogP contribution >= 0.6 is 23.4 Å². The molecule has 0 bridgehead atoms. The predicted molar refractivity (Wildman–Crippen MR) is 109 cm³/mol. The molecule has 0 aliphatic heterocycles. The minimum atomic E-state index is -0.412. The molecular weight excluding hydrogens is 398 g/mol. The highest BCUT2D eigenvalue weighted by Gasteiger charge is 2.18. The van der Waals surface area contributed by atoms with Crippen molar-refractivity contribution in [1.82, 2.24) is 24.7 Å². The molecule has 4 rings (SSSR count). The van der Waals surface area contributed by atoms with Crippen LogP contribution in [-0.4, -0.2) is 31.3 Å². The second kappa shape index (κ2) is 8.36. The highest BCUT2D eigenvalue weighted by molar-refractivity contribution is 7.98. The van der Waals surface area contributed by atoms with Crippen molar-refractivity contribution in [3.05, 3.63) is 57.5 Å². The SMILES string of the molecule is O=C(Cn1nc2ccc(SCc3ccc(Cl)cc3)nn2c1=O)NC1CCCC1. The number of carbonyl (C=O) groups excluding carboxylic acids is 1. The highest BCUT2D eigenvalue weighted by atomic mass is 35.5. The lowest BCUT2D eigenvalue weighted by Crippen LogP contribution is -2.37. The van der Waals surface area contributed by atoms with Crippen LogP contribution < -0.4 is 11.0 Å². The fraction of sp³-hybridized carbons (Fsp3) is 0.368. The van der Waals surface area contributed by atoms with Crippen molar-refractivity contribution in [1.29, 1.82) is 0 Å². The number of aromatic nitrogens is 4. The van der Waals surface area contributed by atoms with Gasteiger partial charge in [0.25, 0.3) is 0 Å². The topological polar surface area (TPSA) is 81.3 Å². The summed E-state index contributed by atoms with van der Waals surface area (Å²) in [5.74, 6) is 0.525. The molecule has 2 aromatic heterocycles. The van der Waals surface area contributed by atoms with E-state index in [1.165, 1.54) is 21.0 Å². The average Bonchev–Trinajstić information content (AvgIpc) is 3.30. The summed E-state index contributed by atoms with van der Waals surface area (Å²) in [4.78, 5) is 24.8. The molecule has 1 N–H and O–H groups in total. The van der Waals surface area contributed by atoms with E-state index < -0.39 is 5.69 Å². The maximum absolute atomic E-state index is 12.6. The Balaban J connectivity index is 1.45. The predicted octanol–water partition coefficient (Wildman–Crippen LogP) is 2.90. The lowest BCUT2D eigenvalue weighted by Gasteiger charge is -2.10. The standard InChI is InChI=1S/C19H20ClN5O2S/c20-14-7-5-13(6-8-14)12-28-18-10-9-16-22-24(19(27)25(16)23-18)11-17(26)21-15-3-1-2-4-15/h5-10,15H,1-4,11-12H2,(H,21,26). The van der Waals surface area contributed by atoms with Gasteiger partial charge in [0.1, 0.15) is 11.6 Å². The number of rotatable bonds is 6. The first-order valence-corrected chi connectivity index (χ1v) is 10.6. The summed E-state index contributed by atoms with van der Waals surface area (Å²) in [5, 5.41) is 13.0. The third-order valence-corrected chi connectivity index (χ3v) is 5.97. The number of hydrogen-bond acceptors (Lipinski definition) is 5. The summed E-state index contributed by atoms with van der Waals surface area (Å²) in [6.07, 6.45) is 4.28. The molecule has 28 heavy (non-hydrogen) atoms. The third-order valence-electron chi connectivity index (χ3n) is 4.73. The Labute approximate surface area is 171 Å². The van der Waals surface area contributed by atoms with E-state index in [0.29, 0.717) is 21.4 Å². The largest absolute Gasteiger partial charge is 0.367 e. The quantitative estimate of drug-likeness (QED) is 0.623. The number of halogens is 1. The van der Waals surface area contributed by atoms with E-state index in [-0.39, 0.29) is 18.5 Å². The molecule has 2 heterocycles. The lowest BCUT2D eigenvalue weighted by molar-refractivity contribution is -0.122. The van der Waals surface area contributed by atoms with Crippen LogP contribution in [0, 0.1) is 0 Å². The number of hydrogen-bond donors (Lipinski definition) is 1. The minimum Gasteiger partial charge on any atom is -0.352 e. The molecule has 1 amide bonds. The van der Waals surface area contributed by atoms with E-state index in [4.69, 9.17) is 11.6 Å². The van der Waals surface area contributed by atoms with Gasteiger partial charge < -0.3 is 5.32 Å². The lowest BCUT2D eigenvalue weighted by atomic mass is 10.2. The van der Waals surface area contributed by atoms with Crippen LogP contribution in [0.2, 0.25) is 5.02 Å². The molecule has 146 valence electrons. The van der Waals surface area contributed by atoms with Crippen molar-refractivity contribution in [2.45, 2.75) is 49.0 Å². The Hall–Kier alpha value is -2.32. The average molecular weight is 418 g/mol. The van der Waals surface area contributed by atoms with Gasteiger partial charge in [-0.1, -0.05) is 48.3 Å². The van der Waals surface area contributed by atoms with Crippen molar-refractivity contribution >= 4 is 34.9 Å². The molecule has 0 unspecified atom stereocenters. The molecule has 9 heteroatoms. The van der Waals surface area contributed by atoms with Gasteiger partial charge in [-0.2, -0.15) is 9.61 Å². The van der Waals surface area contributed by atoms with Gasteiger partial charge in [-0.3, -0.25) is 4.79 Å². The molecule has 0 radical (unpaired) electrons. The van der Waals surface area contributed by atoms with Crippen molar-refractivity contribution in [2.24, 2.45) is 0 Å². The van der Waals surface area contributed by atoms with Crippen LogP contribution in [0.3, 0.4) is 0 Å². The number of thioether (sulfide) groups is 1. The number of nitrogens with one attached hydrogen (secondary N) is 1. The second-order valence-corrected chi connectivity index (χ2v) is 8.28. The van der Waals surface area contributed by atoms with Gasteiger partial charge >= 0.3 is 5.69 Å². The Bertz CT molecular complexity index is 1040. The summed E-state index contributed by atoms with van der Waals surface area (Å²) in [6, 6.07) is 11.4. The van der Waals surface area contributed by atoms with Crippen molar-refractivity contribution in [3.8, 4) is 0 Å². The highest BCUT2D eigenvalue weighted by Crippen LogP contribution is 2.21. The van der Waals surface area contributed by atoms with Crippen LogP contribution in [0.25, 0.3) is 5.65 Å². The van der Waals surface area contributed by atoms with E-state index >= 15 is 0 Å². The molecule has 1 aliphatic carbocycles. The molecular formula is C19H20ClN5O2S. The zero-order chi connectivity index (χ0) is 19.5. The van der Waals surface area contributed by atoms with Gasteiger partial charge in [-0.25, -0.2) is 9.48 Å². The number of benzene rings is 1. The third kappa shape index (κ3) is 4.39. The maximum atomic E-state index is 12.6. The molecule has 0 spiro atoms. The first kappa shape index (κ1) is 19.0. The van der Waals surface area contributed by atoms with Crippen molar-refractivity contribution < 1.29 is 4.79 Å². The normalized spacial score (nSPS) is 14.6. The Morgan fingerprint density at radius 3 is 2.64 bits per heavy atom. The van der Waals surface area contributed by atoms with Gasteiger partial charge in [-0.15, -0.1) is 5.10 Å². The van der Waals surface area contributed by atoms with Crippen LogP contribution in [0.1, 0.15) is 31.2 Å². The molecule has 0 saturated heterocycles. The molecule has 1 fully saturated rings. The van der Waals surface area contributed by atoms with E-state index in [2.05, 4.69) is 15.5 Å². The van der Waals surface area contributed by atoms with E-state index in [9.17, 15) is 9.59 Å². The van der Waals surface area contributed by atoms with Crippen molar-refractivity contribution in [3.63, 3.8) is 0 Å². The van der Waals surface area contributed by atoms with Gasteiger partial charge in [0.05, 0.1) is 0 Å². The van der Waals surface area contributed by atoms with Gasteiger partial charge in [0.15, 0.2) is 5.65 Å². The summed E-state index contributed by atoms with van der Waals surface area (Å²) in [7, 11) is 0. The smallest absolute Gasteiger partial charge is 0.352 e. The van der Waals surface area contributed by atoms with E-state index in [0.717, 1.165) is 31.2 Å². The Kier molecular flexibility index (Phi) is 5.68. The molecule has 1 aliphatic rings. The minimum absolute atomic E-state index is 0.0913. The second-order valence-electron chi connectivity index (χ2n) is 6.85. The summed E-state index contributed by atoms with van der Waals surface area (Å²) in [5.41, 5.74) is 1.13.